The van der Waals surface area contributed by atoms with E-state index in [-0.39, 0.29) is 11.6 Å². The number of carbonyl (C=O) groups excluding carboxylic acids is 1. The van der Waals surface area contributed by atoms with Crippen molar-refractivity contribution in [3.63, 3.8) is 0 Å². The molecule has 1 saturated heterocycles. The van der Waals surface area contributed by atoms with Crippen LogP contribution < -0.4 is 5.32 Å². The van der Waals surface area contributed by atoms with Crippen LogP contribution in [0.2, 0.25) is 0 Å². The SMILES string of the molecule is O=C(CC[C@H]1CCCN(Cc2ccncc2)C1)Nc1ccccc1F. The second-order valence-electron chi connectivity index (χ2n) is 6.67. The van der Waals surface area contributed by atoms with Gasteiger partial charge in [0.2, 0.25) is 5.91 Å². The zero-order chi connectivity index (χ0) is 17.5. The summed E-state index contributed by atoms with van der Waals surface area (Å²) in [6.45, 7) is 3.04. The molecular formula is C20H24FN3O. The number of hydrogen-bond donors (Lipinski definition) is 1. The molecule has 1 fully saturated rings. The van der Waals surface area contributed by atoms with Crippen LogP contribution in [0.25, 0.3) is 0 Å². The summed E-state index contributed by atoms with van der Waals surface area (Å²) >= 11 is 0. The van der Waals surface area contributed by atoms with E-state index >= 15 is 0 Å². The Balaban J connectivity index is 1.45. The van der Waals surface area contributed by atoms with Gasteiger partial charge in [-0.2, -0.15) is 0 Å². The Morgan fingerprint density at radius 1 is 1.24 bits per heavy atom. The maximum absolute atomic E-state index is 13.6. The van der Waals surface area contributed by atoms with E-state index < -0.39 is 5.82 Å². The number of carbonyl (C=O) groups is 1. The summed E-state index contributed by atoms with van der Waals surface area (Å²) < 4.78 is 13.6. The van der Waals surface area contributed by atoms with Crippen molar-refractivity contribution < 1.29 is 9.18 Å². The van der Waals surface area contributed by atoms with Crippen LogP contribution in [0.1, 0.15) is 31.2 Å². The van der Waals surface area contributed by atoms with Crippen molar-refractivity contribution in [3.8, 4) is 0 Å². The molecule has 0 saturated carbocycles. The summed E-state index contributed by atoms with van der Waals surface area (Å²) in [6, 6.07) is 10.4. The second-order valence-corrected chi connectivity index (χ2v) is 6.67. The summed E-state index contributed by atoms with van der Waals surface area (Å²) in [5, 5.41) is 2.67. The number of piperidine rings is 1. The zero-order valence-electron chi connectivity index (χ0n) is 14.3. The molecular weight excluding hydrogens is 317 g/mol. The first-order valence-corrected chi connectivity index (χ1v) is 8.86. The number of anilines is 1. The molecule has 0 unspecified atom stereocenters. The summed E-state index contributed by atoms with van der Waals surface area (Å²) in [6.07, 6.45) is 7.23. The third-order valence-corrected chi connectivity index (χ3v) is 4.69. The van der Waals surface area contributed by atoms with Gasteiger partial charge in [-0.05, 0) is 61.6 Å². The van der Waals surface area contributed by atoms with Gasteiger partial charge >= 0.3 is 0 Å². The molecule has 0 radical (unpaired) electrons. The maximum Gasteiger partial charge on any atom is 0.224 e. The van der Waals surface area contributed by atoms with Crippen molar-refractivity contribution in [2.24, 2.45) is 5.92 Å². The highest BCUT2D eigenvalue weighted by molar-refractivity contribution is 5.90. The van der Waals surface area contributed by atoms with E-state index in [9.17, 15) is 9.18 Å². The minimum atomic E-state index is -0.392. The number of benzene rings is 1. The predicted molar refractivity (Wildman–Crippen MR) is 96.5 cm³/mol. The van der Waals surface area contributed by atoms with Crippen molar-refractivity contribution in [2.75, 3.05) is 18.4 Å². The Kier molecular flexibility index (Phi) is 6.12. The average molecular weight is 341 g/mol. The minimum Gasteiger partial charge on any atom is -0.324 e. The van der Waals surface area contributed by atoms with Gasteiger partial charge in [0.05, 0.1) is 5.69 Å². The molecule has 1 amide bonds. The lowest BCUT2D eigenvalue weighted by molar-refractivity contribution is -0.116. The number of rotatable bonds is 6. The van der Waals surface area contributed by atoms with Gasteiger partial charge in [0.15, 0.2) is 0 Å². The number of nitrogens with one attached hydrogen (secondary N) is 1. The molecule has 1 aliphatic heterocycles. The van der Waals surface area contributed by atoms with Crippen molar-refractivity contribution >= 4 is 11.6 Å². The zero-order valence-corrected chi connectivity index (χ0v) is 14.3. The molecule has 132 valence electrons. The Morgan fingerprint density at radius 2 is 2.04 bits per heavy atom. The van der Waals surface area contributed by atoms with Gasteiger partial charge < -0.3 is 5.32 Å². The molecule has 1 aromatic carbocycles. The van der Waals surface area contributed by atoms with Crippen molar-refractivity contribution in [2.45, 2.75) is 32.2 Å². The fraction of sp³-hybridized carbons (Fsp3) is 0.400. The number of amides is 1. The van der Waals surface area contributed by atoms with E-state index in [4.69, 9.17) is 0 Å². The molecule has 0 bridgehead atoms. The molecule has 2 heterocycles. The number of para-hydroxylation sites is 1. The van der Waals surface area contributed by atoms with E-state index in [0.29, 0.717) is 12.3 Å². The van der Waals surface area contributed by atoms with E-state index in [1.165, 1.54) is 11.6 Å². The Bertz CT molecular complexity index is 692. The number of aromatic nitrogens is 1. The number of pyridine rings is 1. The first-order chi connectivity index (χ1) is 12.2. The van der Waals surface area contributed by atoms with Gasteiger partial charge in [-0.1, -0.05) is 12.1 Å². The molecule has 1 atom stereocenters. The van der Waals surface area contributed by atoms with E-state index in [1.54, 1.807) is 18.2 Å². The Morgan fingerprint density at radius 3 is 2.84 bits per heavy atom. The molecule has 1 aromatic heterocycles. The van der Waals surface area contributed by atoms with Crippen LogP contribution in [0.4, 0.5) is 10.1 Å². The molecule has 3 rings (SSSR count). The third-order valence-electron chi connectivity index (χ3n) is 4.69. The van der Waals surface area contributed by atoms with Gasteiger partial charge in [0, 0.05) is 31.9 Å². The summed E-state index contributed by atoms with van der Waals surface area (Å²) in [5.41, 5.74) is 1.53. The Labute approximate surface area is 148 Å². The maximum atomic E-state index is 13.6. The monoisotopic (exact) mass is 341 g/mol. The first kappa shape index (κ1) is 17.5. The highest BCUT2D eigenvalue weighted by Gasteiger charge is 2.20. The molecule has 5 heteroatoms. The quantitative estimate of drug-likeness (QED) is 0.868. The lowest BCUT2D eigenvalue weighted by Crippen LogP contribution is -2.35. The van der Waals surface area contributed by atoms with E-state index in [0.717, 1.165) is 38.9 Å². The third kappa shape index (κ3) is 5.36. The lowest BCUT2D eigenvalue weighted by Gasteiger charge is -2.32. The van der Waals surface area contributed by atoms with Crippen molar-refractivity contribution in [1.82, 2.24) is 9.88 Å². The molecule has 4 nitrogen and oxygen atoms in total. The molecule has 2 aromatic rings. The number of nitrogens with zero attached hydrogens (tertiary/aromatic N) is 2. The van der Waals surface area contributed by atoms with E-state index in [1.807, 2.05) is 24.5 Å². The van der Waals surface area contributed by atoms with Crippen LogP contribution in [0, 0.1) is 11.7 Å². The predicted octanol–water partition coefficient (Wildman–Crippen LogP) is 3.85. The molecule has 1 aliphatic rings. The van der Waals surface area contributed by atoms with E-state index in [2.05, 4.69) is 15.2 Å². The first-order valence-electron chi connectivity index (χ1n) is 8.86. The average Bonchev–Trinajstić information content (AvgIpc) is 2.63. The fourth-order valence-electron chi connectivity index (χ4n) is 3.39. The van der Waals surface area contributed by atoms with Crippen molar-refractivity contribution in [1.29, 1.82) is 0 Å². The molecule has 1 N–H and O–H groups in total. The van der Waals surface area contributed by atoms with Crippen LogP contribution in [-0.2, 0) is 11.3 Å². The summed E-state index contributed by atoms with van der Waals surface area (Å²) in [4.78, 5) is 18.6. The highest BCUT2D eigenvalue weighted by Crippen LogP contribution is 2.23. The van der Waals surface area contributed by atoms with Crippen LogP contribution in [0.15, 0.2) is 48.8 Å². The van der Waals surface area contributed by atoms with Gasteiger partial charge in [0.1, 0.15) is 5.82 Å². The van der Waals surface area contributed by atoms with Crippen LogP contribution in [-0.4, -0.2) is 28.9 Å². The lowest BCUT2D eigenvalue weighted by atomic mass is 9.93. The van der Waals surface area contributed by atoms with Crippen LogP contribution in [0.3, 0.4) is 0 Å². The normalized spacial score (nSPS) is 18.0. The Hall–Kier alpha value is -2.27. The summed E-state index contributed by atoms with van der Waals surface area (Å²) in [5.74, 6) is 0.00959. The topological polar surface area (TPSA) is 45.2 Å². The minimum absolute atomic E-state index is 0.114. The number of halogens is 1. The summed E-state index contributed by atoms with van der Waals surface area (Å²) in [7, 11) is 0. The van der Waals surface area contributed by atoms with Crippen LogP contribution in [0.5, 0.6) is 0 Å². The van der Waals surface area contributed by atoms with Gasteiger partial charge in [-0.15, -0.1) is 0 Å². The van der Waals surface area contributed by atoms with Crippen LogP contribution >= 0.6 is 0 Å². The molecule has 0 aliphatic carbocycles. The number of hydrogen-bond acceptors (Lipinski definition) is 3. The molecule has 25 heavy (non-hydrogen) atoms. The second kappa shape index (κ2) is 8.72. The fourth-order valence-corrected chi connectivity index (χ4v) is 3.39. The highest BCUT2D eigenvalue weighted by atomic mass is 19.1. The van der Waals surface area contributed by atoms with Gasteiger partial charge in [-0.3, -0.25) is 14.7 Å². The smallest absolute Gasteiger partial charge is 0.224 e. The molecule has 0 spiro atoms. The number of likely N-dealkylation sites (tertiary alicyclic amines) is 1. The van der Waals surface area contributed by atoms with Gasteiger partial charge in [0.25, 0.3) is 0 Å². The standard InChI is InChI=1S/C20H24FN3O/c21-18-5-1-2-6-19(18)23-20(25)8-7-16-4-3-13-24(14-16)15-17-9-11-22-12-10-17/h1-2,5-6,9-12,16H,3-4,7-8,13-15H2,(H,23,25)/t16-/m1/s1. The van der Waals surface area contributed by atoms with Crippen molar-refractivity contribution in [3.05, 3.63) is 60.2 Å². The van der Waals surface area contributed by atoms with Gasteiger partial charge in [-0.25, -0.2) is 4.39 Å². The largest absolute Gasteiger partial charge is 0.324 e.